The van der Waals surface area contributed by atoms with Crippen LogP contribution >= 0.6 is 0 Å². The van der Waals surface area contributed by atoms with Gasteiger partial charge in [0.2, 0.25) is 0 Å². The van der Waals surface area contributed by atoms with E-state index in [1.807, 2.05) is 18.2 Å². The molecule has 2 aromatic rings. The summed E-state index contributed by atoms with van der Waals surface area (Å²) in [6, 6.07) is 3.94. The number of hydrogen-bond acceptors (Lipinski definition) is 2. The number of benzene rings is 1. The van der Waals surface area contributed by atoms with Gasteiger partial charge in [0.1, 0.15) is 5.76 Å². The van der Waals surface area contributed by atoms with Gasteiger partial charge in [-0.25, -0.2) is 0 Å². The van der Waals surface area contributed by atoms with Crippen LogP contribution in [0.1, 0.15) is 16.8 Å². The van der Waals surface area contributed by atoms with Gasteiger partial charge in [-0.1, -0.05) is 12.1 Å². The van der Waals surface area contributed by atoms with Gasteiger partial charge < -0.3 is 15.8 Å². The summed E-state index contributed by atoms with van der Waals surface area (Å²) in [5.41, 5.74) is 11.2. The first-order valence-electron chi connectivity index (χ1n) is 5.63. The molecule has 1 aromatic heterocycles. The molecule has 1 aliphatic carbocycles. The number of nitrogen functional groups attached to an aromatic ring is 1. The van der Waals surface area contributed by atoms with E-state index in [0.29, 0.717) is 0 Å². The summed E-state index contributed by atoms with van der Waals surface area (Å²) in [6.45, 7) is 2.05. The first-order chi connectivity index (χ1) is 8.16. The van der Waals surface area contributed by atoms with Crippen molar-refractivity contribution in [2.24, 2.45) is 0 Å². The van der Waals surface area contributed by atoms with E-state index < -0.39 is 0 Å². The number of allylic oxidation sites excluding steroid dienone is 2. The van der Waals surface area contributed by atoms with Gasteiger partial charge in [-0.2, -0.15) is 0 Å². The Bertz CT molecular complexity index is 662. The maximum atomic E-state index is 9.62. The number of aliphatic hydroxyl groups is 1. The molecule has 1 aliphatic rings. The zero-order valence-corrected chi connectivity index (χ0v) is 9.62. The summed E-state index contributed by atoms with van der Waals surface area (Å²) < 4.78 is 0. The fourth-order valence-electron chi connectivity index (χ4n) is 2.38. The second-order valence-electron chi connectivity index (χ2n) is 4.41. The smallest absolute Gasteiger partial charge is 0.117 e. The van der Waals surface area contributed by atoms with E-state index in [1.165, 1.54) is 5.56 Å². The van der Waals surface area contributed by atoms with Crippen molar-refractivity contribution < 1.29 is 5.11 Å². The SMILES string of the molecule is Cc1ccc(N)c2c3c([nH]c12)C=C(O)C=CC3. The standard InChI is InChI=1S/C14H14N2O/c1-8-5-6-11(15)13-10-4-2-3-9(17)7-12(10)16-14(8)13/h2-3,5-7,16-17H,4,15H2,1H3. The van der Waals surface area contributed by atoms with Crippen LogP contribution in [-0.2, 0) is 6.42 Å². The summed E-state index contributed by atoms with van der Waals surface area (Å²) in [5, 5.41) is 10.7. The Morgan fingerprint density at radius 1 is 1.35 bits per heavy atom. The van der Waals surface area contributed by atoms with Crippen molar-refractivity contribution in [1.82, 2.24) is 4.98 Å². The predicted octanol–water partition coefficient (Wildman–Crippen LogP) is 3.07. The average molecular weight is 226 g/mol. The Morgan fingerprint density at radius 2 is 2.18 bits per heavy atom. The summed E-state index contributed by atoms with van der Waals surface area (Å²) in [7, 11) is 0. The first kappa shape index (κ1) is 10.0. The van der Waals surface area contributed by atoms with Crippen molar-refractivity contribution in [3.8, 4) is 0 Å². The summed E-state index contributed by atoms with van der Waals surface area (Å²) in [5.74, 6) is 0.270. The number of anilines is 1. The van der Waals surface area contributed by atoms with E-state index in [0.717, 1.165) is 34.3 Å². The average Bonchev–Trinajstić information content (AvgIpc) is 2.55. The van der Waals surface area contributed by atoms with E-state index in [2.05, 4.69) is 11.9 Å². The van der Waals surface area contributed by atoms with Crippen LogP contribution in [0.3, 0.4) is 0 Å². The first-order valence-corrected chi connectivity index (χ1v) is 5.63. The largest absolute Gasteiger partial charge is 0.508 e. The highest BCUT2D eigenvalue weighted by molar-refractivity contribution is 5.98. The van der Waals surface area contributed by atoms with Gasteiger partial charge in [-0.05, 0) is 36.6 Å². The molecule has 0 fully saturated rings. The Labute approximate surface area is 99.3 Å². The monoisotopic (exact) mass is 226 g/mol. The fraction of sp³-hybridized carbons (Fsp3) is 0.143. The van der Waals surface area contributed by atoms with Crippen LogP contribution in [0.25, 0.3) is 17.0 Å². The zero-order valence-electron chi connectivity index (χ0n) is 9.62. The third-order valence-corrected chi connectivity index (χ3v) is 3.24. The van der Waals surface area contributed by atoms with E-state index in [9.17, 15) is 5.11 Å². The molecule has 0 aliphatic heterocycles. The van der Waals surface area contributed by atoms with Gasteiger partial charge in [-0.3, -0.25) is 0 Å². The number of hydrogen-bond donors (Lipinski definition) is 3. The summed E-state index contributed by atoms with van der Waals surface area (Å²) >= 11 is 0. The Balaban J connectivity index is 2.41. The lowest BCUT2D eigenvalue weighted by molar-refractivity contribution is 0.437. The second-order valence-corrected chi connectivity index (χ2v) is 4.41. The van der Waals surface area contributed by atoms with Gasteiger partial charge in [0.25, 0.3) is 0 Å². The lowest BCUT2D eigenvalue weighted by Crippen LogP contribution is -1.89. The molecule has 0 spiro atoms. The topological polar surface area (TPSA) is 62.0 Å². The predicted molar refractivity (Wildman–Crippen MR) is 70.9 cm³/mol. The van der Waals surface area contributed by atoms with Crippen LogP contribution in [0, 0.1) is 6.92 Å². The van der Waals surface area contributed by atoms with Gasteiger partial charge in [0.05, 0.1) is 5.52 Å². The lowest BCUT2D eigenvalue weighted by Gasteiger charge is -2.02. The second kappa shape index (κ2) is 3.42. The maximum absolute atomic E-state index is 9.62. The Kier molecular flexibility index (Phi) is 2.01. The number of nitrogens with one attached hydrogen (secondary N) is 1. The number of aliphatic hydroxyl groups excluding tert-OH is 1. The molecule has 1 aromatic carbocycles. The molecule has 1 heterocycles. The van der Waals surface area contributed by atoms with Crippen LogP contribution in [0.2, 0.25) is 0 Å². The molecule has 3 heteroatoms. The van der Waals surface area contributed by atoms with Crippen molar-refractivity contribution >= 4 is 22.7 Å². The molecule has 0 bridgehead atoms. The quantitative estimate of drug-likeness (QED) is 0.604. The number of aryl methyl sites for hydroxylation is 1. The molecule has 4 N–H and O–H groups in total. The number of H-pyrrole nitrogens is 1. The van der Waals surface area contributed by atoms with Gasteiger partial charge >= 0.3 is 0 Å². The molecular weight excluding hydrogens is 212 g/mol. The molecule has 0 saturated heterocycles. The number of aromatic amines is 1. The summed E-state index contributed by atoms with van der Waals surface area (Å²) in [4.78, 5) is 3.34. The normalized spacial score (nSPS) is 14.5. The van der Waals surface area contributed by atoms with Gasteiger partial charge in [0.15, 0.2) is 0 Å². The van der Waals surface area contributed by atoms with E-state index in [4.69, 9.17) is 5.73 Å². The Hall–Kier alpha value is -2.16. The highest BCUT2D eigenvalue weighted by Gasteiger charge is 2.14. The lowest BCUT2D eigenvalue weighted by atomic mass is 10.0. The molecule has 0 saturated carbocycles. The molecular formula is C14H14N2O. The molecule has 3 nitrogen and oxygen atoms in total. The highest BCUT2D eigenvalue weighted by Crippen LogP contribution is 2.32. The van der Waals surface area contributed by atoms with Gasteiger partial charge in [0, 0.05) is 22.8 Å². The van der Waals surface area contributed by atoms with Gasteiger partial charge in [-0.15, -0.1) is 0 Å². The number of fused-ring (bicyclic) bond motifs is 3. The molecule has 0 amide bonds. The number of rotatable bonds is 0. The minimum absolute atomic E-state index is 0.270. The number of aromatic nitrogens is 1. The molecule has 0 unspecified atom stereocenters. The van der Waals surface area contributed by atoms with Crippen LogP contribution in [0.15, 0.2) is 30.0 Å². The molecule has 0 atom stereocenters. The van der Waals surface area contributed by atoms with Crippen molar-refractivity contribution in [3.05, 3.63) is 46.9 Å². The van der Waals surface area contributed by atoms with Crippen LogP contribution < -0.4 is 5.73 Å². The van der Waals surface area contributed by atoms with Crippen LogP contribution in [-0.4, -0.2) is 10.1 Å². The summed E-state index contributed by atoms with van der Waals surface area (Å²) in [6.07, 6.45) is 6.19. The molecule has 86 valence electrons. The van der Waals surface area contributed by atoms with Crippen LogP contribution in [0.5, 0.6) is 0 Å². The van der Waals surface area contributed by atoms with Crippen molar-refractivity contribution in [2.75, 3.05) is 5.73 Å². The molecule has 17 heavy (non-hydrogen) atoms. The third-order valence-electron chi connectivity index (χ3n) is 3.24. The van der Waals surface area contributed by atoms with E-state index in [-0.39, 0.29) is 5.76 Å². The van der Waals surface area contributed by atoms with Crippen molar-refractivity contribution in [1.29, 1.82) is 0 Å². The van der Waals surface area contributed by atoms with E-state index in [1.54, 1.807) is 12.2 Å². The van der Waals surface area contributed by atoms with Crippen molar-refractivity contribution in [2.45, 2.75) is 13.3 Å². The minimum atomic E-state index is 0.270. The minimum Gasteiger partial charge on any atom is -0.508 e. The van der Waals surface area contributed by atoms with Crippen molar-refractivity contribution in [3.63, 3.8) is 0 Å². The van der Waals surface area contributed by atoms with Crippen LogP contribution in [0.4, 0.5) is 5.69 Å². The maximum Gasteiger partial charge on any atom is 0.117 e. The zero-order chi connectivity index (χ0) is 12.0. The fourth-order valence-corrected chi connectivity index (χ4v) is 2.38. The molecule has 3 rings (SSSR count). The Morgan fingerprint density at radius 3 is 3.00 bits per heavy atom. The highest BCUT2D eigenvalue weighted by atomic mass is 16.3. The number of nitrogens with two attached hydrogens (primary N) is 1. The van der Waals surface area contributed by atoms with E-state index >= 15 is 0 Å². The molecule has 0 radical (unpaired) electrons. The third kappa shape index (κ3) is 1.43.